The maximum Gasteiger partial charge on any atom is 0.116 e. The molecule has 0 aliphatic rings. The molecule has 1 aromatic heterocycles. The number of nitriles is 1. The van der Waals surface area contributed by atoms with Crippen LogP contribution in [-0.4, -0.2) is 17.0 Å². The van der Waals surface area contributed by atoms with Crippen molar-refractivity contribution in [3.63, 3.8) is 0 Å². The Labute approximate surface area is 100.0 Å². The summed E-state index contributed by atoms with van der Waals surface area (Å²) in [5.74, 6) is 0. The third-order valence-electron chi connectivity index (χ3n) is 2.41. The van der Waals surface area contributed by atoms with Crippen molar-refractivity contribution in [2.75, 3.05) is 7.05 Å². The number of hydrogen-bond donors (Lipinski definition) is 1. The predicted octanol–water partition coefficient (Wildman–Crippen LogP) is 1.73. The second kappa shape index (κ2) is 5.19. The van der Waals surface area contributed by atoms with Gasteiger partial charge in [0, 0.05) is 18.3 Å². The molecule has 0 fully saturated rings. The van der Waals surface area contributed by atoms with E-state index in [1.807, 2.05) is 31.3 Å². The zero-order valence-electron chi connectivity index (χ0n) is 9.51. The van der Waals surface area contributed by atoms with Crippen molar-refractivity contribution >= 4 is 0 Å². The minimum absolute atomic E-state index is 0.495. The summed E-state index contributed by atoms with van der Waals surface area (Å²) in [5, 5.41) is 12.1. The van der Waals surface area contributed by atoms with Gasteiger partial charge in [-0.3, -0.25) is 0 Å². The molecule has 4 nitrogen and oxygen atoms in total. The van der Waals surface area contributed by atoms with Crippen LogP contribution >= 0.6 is 0 Å². The Morgan fingerprint density at radius 3 is 3.06 bits per heavy atom. The van der Waals surface area contributed by atoms with Crippen LogP contribution in [0.4, 0.5) is 0 Å². The molecule has 1 aromatic carbocycles. The van der Waals surface area contributed by atoms with Crippen LogP contribution < -0.4 is 5.32 Å². The first kappa shape index (κ1) is 11.2. The van der Waals surface area contributed by atoms with Crippen LogP contribution in [0.1, 0.15) is 11.1 Å². The van der Waals surface area contributed by atoms with Gasteiger partial charge in [-0.25, -0.2) is 9.97 Å². The summed E-state index contributed by atoms with van der Waals surface area (Å²) < 4.78 is 0. The lowest BCUT2D eigenvalue weighted by Crippen LogP contribution is -2.04. The molecule has 2 aromatic rings. The van der Waals surface area contributed by atoms with E-state index in [0.29, 0.717) is 11.3 Å². The van der Waals surface area contributed by atoms with Gasteiger partial charge in [-0.1, -0.05) is 18.2 Å². The standard InChI is InChI=1S/C13H12N4/c1-15-7-10-3-2-4-11(5-10)13-12(6-14)8-16-9-17-13/h2-5,8-9,15H,7H2,1H3. The minimum Gasteiger partial charge on any atom is -0.316 e. The van der Waals surface area contributed by atoms with E-state index in [2.05, 4.69) is 21.4 Å². The Kier molecular flexibility index (Phi) is 3.43. The van der Waals surface area contributed by atoms with Gasteiger partial charge in [0.05, 0.1) is 11.3 Å². The van der Waals surface area contributed by atoms with Crippen LogP contribution in [0.2, 0.25) is 0 Å². The van der Waals surface area contributed by atoms with Gasteiger partial charge in [-0.05, 0) is 18.7 Å². The fourth-order valence-corrected chi connectivity index (χ4v) is 1.67. The summed E-state index contributed by atoms with van der Waals surface area (Å²) >= 11 is 0. The summed E-state index contributed by atoms with van der Waals surface area (Å²) in [4.78, 5) is 8.02. The zero-order chi connectivity index (χ0) is 12.1. The van der Waals surface area contributed by atoms with Gasteiger partial charge in [0.15, 0.2) is 0 Å². The lowest BCUT2D eigenvalue weighted by atomic mass is 10.0. The number of hydrogen-bond acceptors (Lipinski definition) is 4. The van der Waals surface area contributed by atoms with Gasteiger partial charge < -0.3 is 5.32 Å². The SMILES string of the molecule is CNCc1cccc(-c2ncncc2C#N)c1. The Balaban J connectivity index is 2.46. The van der Waals surface area contributed by atoms with Gasteiger partial charge in [-0.15, -0.1) is 0 Å². The number of aromatic nitrogens is 2. The van der Waals surface area contributed by atoms with Gasteiger partial charge in [0.2, 0.25) is 0 Å². The van der Waals surface area contributed by atoms with E-state index in [0.717, 1.165) is 17.7 Å². The van der Waals surface area contributed by atoms with E-state index in [1.54, 1.807) is 0 Å². The number of nitrogens with one attached hydrogen (secondary N) is 1. The second-order valence-corrected chi connectivity index (χ2v) is 3.63. The van der Waals surface area contributed by atoms with E-state index in [4.69, 9.17) is 5.26 Å². The molecule has 84 valence electrons. The second-order valence-electron chi connectivity index (χ2n) is 3.63. The van der Waals surface area contributed by atoms with Crippen LogP contribution in [0.25, 0.3) is 11.3 Å². The average Bonchev–Trinajstić information content (AvgIpc) is 2.39. The highest BCUT2D eigenvalue weighted by molar-refractivity contribution is 5.66. The summed E-state index contributed by atoms with van der Waals surface area (Å²) in [6, 6.07) is 10.1. The molecule has 1 N–H and O–H groups in total. The van der Waals surface area contributed by atoms with E-state index in [9.17, 15) is 0 Å². The number of nitrogens with zero attached hydrogens (tertiary/aromatic N) is 3. The van der Waals surface area contributed by atoms with Crippen molar-refractivity contribution < 1.29 is 0 Å². The van der Waals surface area contributed by atoms with Crippen molar-refractivity contribution in [3.05, 3.63) is 47.9 Å². The van der Waals surface area contributed by atoms with E-state index < -0.39 is 0 Å². The quantitative estimate of drug-likeness (QED) is 0.862. The Hall–Kier alpha value is -2.25. The molecule has 0 bridgehead atoms. The van der Waals surface area contributed by atoms with Gasteiger partial charge in [0.25, 0.3) is 0 Å². The molecular weight excluding hydrogens is 212 g/mol. The maximum atomic E-state index is 9.01. The van der Waals surface area contributed by atoms with Gasteiger partial charge in [-0.2, -0.15) is 5.26 Å². The number of rotatable bonds is 3. The highest BCUT2D eigenvalue weighted by Gasteiger charge is 2.06. The Bertz CT molecular complexity index is 557. The fraction of sp³-hybridized carbons (Fsp3) is 0.154. The molecule has 2 rings (SSSR count). The molecule has 0 saturated heterocycles. The van der Waals surface area contributed by atoms with Crippen molar-refractivity contribution in [3.8, 4) is 17.3 Å². The molecule has 0 aliphatic heterocycles. The fourth-order valence-electron chi connectivity index (χ4n) is 1.67. The highest BCUT2D eigenvalue weighted by Crippen LogP contribution is 2.20. The molecule has 0 aliphatic carbocycles. The first-order valence-electron chi connectivity index (χ1n) is 5.29. The molecule has 17 heavy (non-hydrogen) atoms. The molecule has 0 spiro atoms. The van der Waals surface area contributed by atoms with Crippen LogP contribution in [0.15, 0.2) is 36.8 Å². The summed E-state index contributed by atoms with van der Waals surface area (Å²) in [6.45, 7) is 0.792. The largest absolute Gasteiger partial charge is 0.316 e. The van der Waals surface area contributed by atoms with Crippen molar-refractivity contribution in [2.45, 2.75) is 6.54 Å². The van der Waals surface area contributed by atoms with Crippen LogP contribution in [0, 0.1) is 11.3 Å². The smallest absolute Gasteiger partial charge is 0.116 e. The Morgan fingerprint density at radius 1 is 1.41 bits per heavy atom. The molecule has 4 heteroatoms. The van der Waals surface area contributed by atoms with Crippen molar-refractivity contribution in [2.24, 2.45) is 0 Å². The minimum atomic E-state index is 0.495. The molecule has 0 atom stereocenters. The number of benzene rings is 1. The Morgan fingerprint density at radius 2 is 2.29 bits per heavy atom. The first-order chi connectivity index (χ1) is 8.35. The van der Waals surface area contributed by atoms with Crippen molar-refractivity contribution in [1.82, 2.24) is 15.3 Å². The lowest BCUT2D eigenvalue weighted by molar-refractivity contribution is 0.818. The molecular formula is C13H12N4. The summed E-state index contributed by atoms with van der Waals surface area (Å²) in [7, 11) is 1.90. The molecule has 0 unspecified atom stereocenters. The van der Waals surface area contributed by atoms with Crippen LogP contribution in [-0.2, 0) is 6.54 Å². The third-order valence-corrected chi connectivity index (χ3v) is 2.41. The van der Waals surface area contributed by atoms with E-state index in [1.165, 1.54) is 12.5 Å². The van der Waals surface area contributed by atoms with Crippen LogP contribution in [0.3, 0.4) is 0 Å². The average molecular weight is 224 g/mol. The molecule has 1 heterocycles. The molecule has 0 radical (unpaired) electrons. The summed E-state index contributed by atoms with van der Waals surface area (Å²) in [5.41, 5.74) is 3.28. The maximum absolute atomic E-state index is 9.01. The zero-order valence-corrected chi connectivity index (χ0v) is 9.51. The predicted molar refractivity (Wildman–Crippen MR) is 64.9 cm³/mol. The normalized spacial score (nSPS) is 9.88. The monoisotopic (exact) mass is 224 g/mol. The van der Waals surface area contributed by atoms with Crippen molar-refractivity contribution in [1.29, 1.82) is 5.26 Å². The van der Waals surface area contributed by atoms with Crippen LogP contribution in [0.5, 0.6) is 0 Å². The first-order valence-corrected chi connectivity index (χ1v) is 5.29. The third kappa shape index (κ3) is 2.47. The van der Waals surface area contributed by atoms with E-state index in [-0.39, 0.29) is 0 Å². The lowest BCUT2D eigenvalue weighted by Gasteiger charge is -2.05. The topological polar surface area (TPSA) is 61.6 Å². The van der Waals surface area contributed by atoms with E-state index >= 15 is 0 Å². The summed E-state index contributed by atoms with van der Waals surface area (Å²) in [6.07, 6.45) is 2.99. The highest BCUT2D eigenvalue weighted by atomic mass is 14.8. The van der Waals surface area contributed by atoms with Gasteiger partial charge >= 0.3 is 0 Å². The van der Waals surface area contributed by atoms with Gasteiger partial charge in [0.1, 0.15) is 12.4 Å². The molecule has 0 saturated carbocycles. The molecule has 0 amide bonds.